The van der Waals surface area contributed by atoms with Crippen LogP contribution < -0.4 is 10.2 Å². The van der Waals surface area contributed by atoms with Gasteiger partial charge in [-0.25, -0.2) is 0 Å². The van der Waals surface area contributed by atoms with E-state index in [1.807, 2.05) is 30.3 Å². The van der Waals surface area contributed by atoms with Crippen LogP contribution in [0.2, 0.25) is 0 Å². The second kappa shape index (κ2) is 6.40. The predicted molar refractivity (Wildman–Crippen MR) is 83.6 cm³/mol. The van der Waals surface area contributed by atoms with Crippen molar-refractivity contribution in [2.45, 2.75) is 25.3 Å². The zero-order chi connectivity index (χ0) is 16.4. The largest absolute Gasteiger partial charge is 0.469 e. The normalized spacial score (nSPS) is 26.6. The van der Waals surface area contributed by atoms with Gasteiger partial charge in [0.25, 0.3) is 0 Å². The molecule has 6 heteroatoms. The summed E-state index contributed by atoms with van der Waals surface area (Å²) in [5.74, 6) is -1.42. The second-order valence-corrected chi connectivity index (χ2v) is 5.99. The number of hydrogen-bond acceptors (Lipinski definition) is 4. The average molecular weight is 316 g/mol. The molecular formula is C17H20N2O4. The molecule has 1 aliphatic heterocycles. The van der Waals surface area contributed by atoms with E-state index in [-0.39, 0.29) is 29.6 Å². The number of hydrogen-bond donors (Lipinski definition) is 1. The zero-order valence-corrected chi connectivity index (χ0v) is 13.0. The maximum Gasteiger partial charge on any atom is 0.309 e. The number of rotatable bonds is 4. The van der Waals surface area contributed by atoms with Crippen molar-refractivity contribution in [3.63, 3.8) is 0 Å². The molecule has 6 nitrogen and oxygen atoms in total. The molecule has 1 saturated carbocycles. The van der Waals surface area contributed by atoms with Crippen molar-refractivity contribution in [2.24, 2.45) is 11.8 Å². The fraction of sp³-hybridized carbons (Fsp3) is 0.471. The van der Waals surface area contributed by atoms with Gasteiger partial charge < -0.3 is 15.0 Å². The topological polar surface area (TPSA) is 75.7 Å². The highest BCUT2D eigenvalue weighted by Gasteiger charge is 2.44. The van der Waals surface area contributed by atoms with E-state index in [0.717, 1.165) is 5.69 Å². The van der Waals surface area contributed by atoms with E-state index in [0.29, 0.717) is 25.8 Å². The maximum atomic E-state index is 12.5. The number of carbonyl (C=O) groups is 3. The molecule has 0 radical (unpaired) electrons. The number of ether oxygens (including phenoxy) is 1. The van der Waals surface area contributed by atoms with Crippen LogP contribution >= 0.6 is 0 Å². The molecule has 3 atom stereocenters. The first-order valence-corrected chi connectivity index (χ1v) is 7.86. The van der Waals surface area contributed by atoms with Crippen LogP contribution in [0.4, 0.5) is 5.69 Å². The minimum Gasteiger partial charge on any atom is -0.469 e. The Labute approximate surface area is 134 Å². The predicted octanol–water partition coefficient (Wildman–Crippen LogP) is 1.11. The van der Waals surface area contributed by atoms with Crippen LogP contribution in [-0.4, -0.2) is 37.5 Å². The van der Waals surface area contributed by atoms with E-state index in [2.05, 4.69) is 5.32 Å². The summed E-state index contributed by atoms with van der Waals surface area (Å²) in [4.78, 5) is 38.0. The third kappa shape index (κ3) is 2.93. The van der Waals surface area contributed by atoms with Gasteiger partial charge in [-0.05, 0) is 31.4 Å². The van der Waals surface area contributed by atoms with Gasteiger partial charge in [-0.1, -0.05) is 18.2 Å². The van der Waals surface area contributed by atoms with Crippen LogP contribution in [0.25, 0.3) is 0 Å². The zero-order valence-electron chi connectivity index (χ0n) is 13.0. The number of methoxy groups -OCH3 is 1. The van der Waals surface area contributed by atoms with Gasteiger partial charge in [0, 0.05) is 12.2 Å². The summed E-state index contributed by atoms with van der Waals surface area (Å²) in [6, 6.07) is 8.89. The quantitative estimate of drug-likeness (QED) is 0.844. The molecule has 3 unspecified atom stereocenters. The van der Waals surface area contributed by atoms with Crippen molar-refractivity contribution in [3.05, 3.63) is 30.3 Å². The van der Waals surface area contributed by atoms with Crippen LogP contribution in [0.15, 0.2) is 30.3 Å². The number of esters is 1. The summed E-state index contributed by atoms with van der Waals surface area (Å²) < 4.78 is 4.71. The first-order valence-electron chi connectivity index (χ1n) is 7.86. The third-order valence-corrected chi connectivity index (χ3v) is 4.70. The van der Waals surface area contributed by atoms with E-state index in [1.54, 1.807) is 4.90 Å². The number of amides is 2. The fourth-order valence-electron chi connectivity index (χ4n) is 3.20. The first kappa shape index (κ1) is 15.5. The Bertz CT molecular complexity index is 616. The molecule has 2 fully saturated rings. The summed E-state index contributed by atoms with van der Waals surface area (Å²) in [5, 5.41) is 2.80. The summed E-state index contributed by atoms with van der Waals surface area (Å²) >= 11 is 0. The van der Waals surface area contributed by atoms with E-state index in [4.69, 9.17) is 4.74 Å². The van der Waals surface area contributed by atoms with Gasteiger partial charge in [-0.15, -0.1) is 0 Å². The van der Waals surface area contributed by atoms with Gasteiger partial charge in [-0.2, -0.15) is 0 Å². The monoisotopic (exact) mass is 316 g/mol. The lowest BCUT2D eigenvalue weighted by atomic mass is 9.73. The number of anilines is 1. The van der Waals surface area contributed by atoms with Crippen LogP contribution in [-0.2, 0) is 19.1 Å². The van der Waals surface area contributed by atoms with E-state index in [1.165, 1.54) is 7.11 Å². The van der Waals surface area contributed by atoms with Gasteiger partial charge in [0.1, 0.15) is 6.04 Å². The van der Waals surface area contributed by atoms with Crippen molar-refractivity contribution in [1.82, 2.24) is 5.32 Å². The lowest BCUT2D eigenvalue weighted by molar-refractivity contribution is -0.156. The molecule has 23 heavy (non-hydrogen) atoms. The van der Waals surface area contributed by atoms with E-state index in [9.17, 15) is 14.4 Å². The van der Waals surface area contributed by atoms with Gasteiger partial charge in [-0.3, -0.25) is 14.4 Å². The number of nitrogens with zero attached hydrogens (tertiary/aromatic N) is 1. The molecule has 1 heterocycles. The Morgan fingerprint density at radius 3 is 2.43 bits per heavy atom. The minimum absolute atomic E-state index is 0.0986. The number of carbonyl (C=O) groups excluding carboxylic acids is 3. The third-order valence-electron chi connectivity index (χ3n) is 4.70. The standard InChI is InChI=1S/C17H20N2O4/c1-23-17(22)13-8-7-12(13)15(20)18-14-9-10-19(16(14)21)11-5-3-2-4-6-11/h2-6,12-14H,7-10H2,1H3,(H,18,20). The lowest BCUT2D eigenvalue weighted by Crippen LogP contribution is -2.49. The molecule has 2 aliphatic rings. The van der Waals surface area contributed by atoms with Gasteiger partial charge in [0.05, 0.1) is 18.9 Å². The molecule has 2 amide bonds. The maximum absolute atomic E-state index is 12.5. The van der Waals surface area contributed by atoms with Crippen LogP contribution in [0.1, 0.15) is 19.3 Å². The molecule has 122 valence electrons. The number of nitrogens with one attached hydrogen (secondary N) is 1. The average Bonchev–Trinajstić information content (AvgIpc) is 2.88. The molecule has 1 aliphatic carbocycles. The van der Waals surface area contributed by atoms with E-state index < -0.39 is 6.04 Å². The fourth-order valence-corrected chi connectivity index (χ4v) is 3.20. The Balaban J connectivity index is 1.60. The van der Waals surface area contributed by atoms with Gasteiger partial charge in [0.2, 0.25) is 11.8 Å². The lowest BCUT2D eigenvalue weighted by Gasteiger charge is -2.33. The Kier molecular flexibility index (Phi) is 4.32. The molecule has 0 bridgehead atoms. The highest BCUT2D eigenvalue weighted by molar-refractivity contribution is 6.01. The van der Waals surface area contributed by atoms with Crippen molar-refractivity contribution >= 4 is 23.5 Å². The summed E-state index contributed by atoms with van der Waals surface area (Å²) in [5.41, 5.74) is 0.838. The SMILES string of the molecule is COC(=O)C1CCC1C(=O)NC1CCN(c2ccccc2)C1=O. The Hall–Kier alpha value is -2.37. The van der Waals surface area contributed by atoms with Crippen molar-refractivity contribution in [3.8, 4) is 0 Å². The second-order valence-electron chi connectivity index (χ2n) is 5.99. The highest BCUT2D eigenvalue weighted by Crippen LogP contribution is 2.35. The highest BCUT2D eigenvalue weighted by atomic mass is 16.5. The van der Waals surface area contributed by atoms with Crippen LogP contribution in [0.3, 0.4) is 0 Å². The summed E-state index contributed by atoms with van der Waals surface area (Å²) in [6.07, 6.45) is 1.91. The molecular weight excluding hydrogens is 296 g/mol. The molecule has 0 spiro atoms. The molecule has 1 N–H and O–H groups in total. The Morgan fingerprint density at radius 1 is 1.13 bits per heavy atom. The minimum atomic E-state index is -0.512. The first-order chi connectivity index (χ1) is 11.1. The molecule has 1 aromatic carbocycles. The summed E-state index contributed by atoms with van der Waals surface area (Å²) in [6.45, 7) is 0.582. The molecule has 1 aromatic rings. The molecule has 1 saturated heterocycles. The molecule has 3 rings (SSSR count). The van der Waals surface area contributed by atoms with Gasteiger partial charge in [0.15, 0.2) is 0 Å². The Morgan fingerprint density at radius 2 is 1.83 bits per heavy atom. The van der Waals surface area contributed by atoms with Crippen molar-refractivity contribution < 1.29 is 19.1 Å². The number of para-hydroxylation sites is 1. The van der Waals surface area contributed by atoms with Crippen molar-refractivity contribution in [2.75, 3.05) is 18.6 Å². The smallest absolute Gasteiger partial charge is 0.309 e. The van der Waals surface area contributed by atoms with Gasteiger partial charge >= 0.3 is 5.97 Å². The van der Waals surface area contributed by atoms with Crippen LogP contribution in [0.5, 0.6) is 0 Å². The van der Waals surface area contributed by atoms with Crippen molar-refractivity contribution in [1.29, 1.82) is 0 Å². The van der Waals surface area contributed by atoms with E-state index >= 15 is 0 Å². The molecule has 0 aromatic heterocycles. The summed E-state index contributed by atoms with van der Waals surface area (Å²) in [7, 11) is 1.33. The number of benzene rings is 1. The van der Waals surface area contributed by atoms with Crippen LogP contribution in [0, 0.1) is 11.8 Å².